The van der Waals surface area contributed by atoms with Crippen LogP contribution in [0.1, 0.15) is 53.0 Å². The molecule has 0 saturated carbocycles. The fourth-order valence-corrected chi connectivity index (χ4v) is 5.25. The monoisotopic (exact) mass is 518 g/mol. The number of aromatic nitrogens is 3. The lowest BCUT2D eigenvalue weighted by Crippen LogP contribution is -2.25. The number of carboxylic acid groups (broad SMARTS) is 1. The van der Waals surface area contributed by atoms with Crippen LogP contribution in [0.4, 0.5) is 5.95 Å². The third-order valence-electron chi connectivity index (χ3n) is 6.69. The van der Waals surface area contributed by atoms with Gasteiger partial charge < -0.3 is 14.6 Å². The van der Waals surface area contributed by atoms with Crippen molar-refractivity contribution in [2.24, 2.45) is 0 Å². The Hall–Kier alpha value is -3.19. The van der Waals surface area contributed by atoms with Gasteiger partial charge in [-0.1, -0.05) is 46.3 Å². The second-order valence-electron chi connectivity index (χ2n) is 8.70. The zero-order valence-electron chi connectivity index (χ0n) is 19.1. The molecule has 1 aliphatic rings. The van der Waals surface area contributed by atoms with E-state index in [1.807, 2.05) is 6.07 Å². The first-order valence-electron chi connectivity index (χ1n) is 11.7. The molecule has 0 aliphatic carbocycles. The molecule has 174 valence electrons. The molecule has 0 spiro atoms. The standard InChI is InChI=1S/C27H27BrN4O2/c1-2-31-17-19(21-6-3-4-7-25(21)31)11-14-23-22(26(33)34)16-29-27(30-23)32-15-5-8-24(32)18-9-12-20(28)13-10-18/h3-4,6-7,9-10,12-13,16-17,24H,2,5,8,11,14-15H2,1H3,(H,33,34). The summed E-state index contributed by atoms with van der Waals surface area (Å²) in [6, 6.07) is 16.9. The minimum atomic E-state index is -0.983. The van der Waals surface area contributed by atoms with Crippen LogP contribution in [0.25, 0.3) is 10.9 Å². The summed E-state index contributed by atoms with van der Waals surface area (Å²) in [6.07, 6.45) is 7.00. The highest BCUT2D eigenvalue weighted by Gasteiger charge is 2.29. The summed E-state index contributed by atoms with van der Waals surface area (Å²) in [5.74, 6) is -0.371. The molecular formula is C27H27BrN4O2. The molecule has 0 bridgehead atoms. The number of fused-ring (bicyclic) bond motifs is 1. The number of aromatic carboxylic acids is 1. The van der Waals surface area contributed by atoms with Crippen LogP contribution in [0.5, 0.6) is 0 Å². The molecular weight excluding hydrogens is 492 g/mol. The molecule has 5 rings (SSSR count). The Morgan fingerprint density at radius 1 is 1.15 bits per heavy atom. The number of para-hydroxylation sites is 1. The van der Waals surface area contributed by atoms with Gasteiger partial charge in [0.2, 0.25) is 5.95 Å². The van der Waals surface area contributed by atoms with Crippen molar-refractivity contribution in [3.8, 4) is 0 Å². The van der Waals surface area contributed by atoms with E-state index < -0.39 is 5.97 Å². The van der Waals surface area contributed by atoms with E-state index in [-0.39, 0.29) is 11.6 Å². The Kier molecular flexibility index (Phi) is 6.37. The second kappa shape index (κ2) is 9.58. The third kappa shape index (κ3) is 4.32. The maximum atomic E-state index is 11.9. The lowest BCUT2D eigenvalue weighted by Gasteiger charge is -2.25. The molecule has 1 fully saturated rings. The molecule has 4 aromatic rings. The van der Waals surface area contributed by atoms with Crippen molar-refractivity contribution in [2.45, 2.75) is 45.2 Å². The largest absolute Gasteiger partial charge is 0.478 e. The Labute approximate surface area is 207 Å². The number of anilines is 1. The lowest BCUT2D eigenvalue weighted by molar-refractivity contribution is 0.0694. The zero-order chi connectivity index (χ0) is 23.7. The maximum Gasteiger partial charge on any atom is 0.339 e. The Bertz CT molecular complexity index is 1330. The number of hydrogen-bond donors (Lipinski definition) is 1. The molecule has 1 N–H and O–H groups in total. The van der Waals surface area contributed by atoms with Gasteiger partial charge in [-0.3, -0.25) is 0 Å². The number of benzene rings is 2. The highest BCUT2D eigenvalue weighted by atomic mass is 79.9. The quantitative estimate of drug-likeness (QED) is 0.323. The van der Waals surface area contributed by atoms with Crippen molar-refractivity contribution in [3.05, 3.63) is 87.8 Å². The number of carboxylic acids is 1. The van der Waals surface area contributed by atoms with E-state index >= 15 is 0 Å². The van der Waals surface area contributed by atoms with Crippen molar-refractivity contribution < 1.29 is 9.90 Å². The predicted octanol–water partition coefficient (Wildman–Crippen LogP) is 6.04. The van der Waals surface area contributed by atoms with Crippen LogP contribution in [-0.4, -0.2) is 32.2 Å². The highest BCUT2D eigenvalue weighted by molar-refractivity contribution is 9.10. The number of rotatable bonds is 7. The van der Waals surface area contributed by atoms with Crippen molar-refractivity contribution in [2.75, 3.05) is 11.4 Å². The summed E-state index contributed by atoms with van der Waals surface area (Å²) >= 11 is 3.51. The molecule has 34 heavy (non-hydrogen) atoms. The van der Waals surface area contributed by atoms with E-state index in [2.05, 4.69) is 86.0 Å². The van der Waals surface area contributed by atoms with Crippen LogP contribution in [0.2, 0.25) is 0 Å². The Balaban J connectivity index is 1.45. The fourth-order valence-electron chi connectivity index (χ4n) is 4.99. The molecule has 1 saturated heterocycles. The summed E-state index contributed by atoms with van der Waals surface area (Å²) in [5.41, 5.74) is 4.41. The van der Waals surface area contributed by atoms with Gasteiger partial charge in [0.25, 0.3) is 0 Å². The Morgan fingerprint density at radius 3 is 2.71 bits per heavy atom. The molecule has 1 aliphatic heterocycles. The summed E-state index contributed by atoms with van der Waals surface area (Å²) in [7, 11) is 0. The molecule has 2 aromatic heterocycles. The first-order chi connectivity index (χ1) is 16.5. The van der Waals surface area contributed by atoms with Crippen LogP contribution >= 0.6 is 15.9 Å². The summed E-state index contributed by atoms with van der Waals surface area (Å²) in [5, 5.41) is 11.0. The minimum absolute atomic E-state index is 0.183. The highest BCUT2D eigenvalue weighted by Crippen LogP contribution is 2.35. The summed E-state index contributed by atoms with van der Waals surface area (Å²) in [4.78, 5) is 23.4. The van der Waals surface area contributed by atoms with Gasteiger partial charge in [0, 0.05) is 40.9 Å². The van der Waals surface area contributed by atoms with E-state index in [1.165, 1.54) is 28.2 Å². The van der Waals surface area contributed by atoms with Gasteiger partial charge in [-0.25, -0.2) is 14.8 Å². The summed E-state index contributed by atoms with van der Waals surface area (Å²) < 4.78 is 3.29. The van der Waals surface area contributed by atoms with Gasteiger partial charge in [0.05, 0.1) is 17.3 Å². The van der Waals surface area contributed by atoms with Crippen molar-refractivity contribution in [1.82, 2.24) is 14.5 Å². The maximum absolute atomic E-state index is 11.9. The topological polar surface area (TPSA) is 71.2 Å². The van der Waals surface area contributed by atoms with E-state index in [1.54, 1.807) is 0 Å². The van der Waals surface area contributed by atoms with E-state index in [0.29, 0.717) is 18.1 Å². The van der Waals surface area contributed by atoms with Crippen LogP contribution in [0, 0.1) is 0 Å². The fraction of sp³-hybridized carbons (Fsp3) is 0.296. The smallest absolute Gasteiger partial charge is 0.339 e. The number of halogens is 1. The van der Waals surface area contributed by atoms with E-state index in [0.717, 1.165) is 36.8 Å². The predicted molar refractivity (Wildman–Crippen MR) is 137 cm³/mol. The van der Waals surface area contributed by atoms with Crippen molar-refractivity contribution >= 4 is 38.8 Å². The number of aryl methyl sites for hydroxylation is 3. The van der Waals surface area contributed by atoms with Gasteiger partial charge in [-0.2, -0.15) is 0 Å². The van der Waals surface area contributed by atoms with Gasteiger partial charge in [-0.15, -0.1) is 0 Å². The second-order valence-corrected chi connectivity index (χ2v) is 9.61. The van der Waals surface area contributed by atoms with Gasteiger partial charge in [-0.05, 0) is 61.9 Å². The van der Waals surface area contributed by atoms with Crippen LogP contribution in [-0.2, 0) is 19.4 Å². The SMILES string of the molecule is CCn1cc(CCc2nc(N3CCCC3c3ccc(Br)cc3)ncc2C(=O)O)c2ccccc21. The molecule has 1 atom stereocenters. The molecule has 1 unspecified atom stereocenters. The first kappa shape index (κ1) is 22.6. The van der Waals surface area contributed by atoms with Gasteiger partial charge >= 0.3 is 5.97 Å². The zero-order valence-corrected chi connectivity index (χ0v) is 20.7. The van der Waals surface area contributed by atoms with Crippen LogP contribution in [0.15, 0.2) is 65.4 Å². The van der Waals surface area contributed by atoms with Crippen LogP contribution < -0.4 is 4.90 Å². The number of nitrogens with zero attached hydrogens (tertiary/aromatic N) is 4. The normalized spacial score (nSPS) is 15.8. The van der Waals surface area contributed by atoms with Crippen molar-refractivity contribution in [3.63, 3.8) is 0 Å². The van der Waals surface area contributed by atoms with Crippen LogP contribution in [0.3, 0.4) is 0 Å². The van der Waals surface area contributed by atoms with E-state index in [9.17, 15) is 9.90 Å². The third-order valence-corrected chi connectivity index (χ3v) is 7.22. The molecule has 0 radical (unpaired) electrons. The molecule has 7 heteroatoms. The molecule has 3 heterocycles. The number of carbonyl (C=O) groups is 1. The molecule has 0 amide bonds. The first-order valence-corrected chi connectivity index (χ1v) is 12.5. The molecule has 6 nitrogen and oxygen atoms in total. The minimum Gasteiger partial charge on any atom is -0.478 e. The average Bonchev–Trinajstić information content (AvgIpc) is 3.48. The van der Waals surface area contributed by atoms with Gasteiger partial charge in [0.1, 0.15) is 0 Å². The van der Waals surface area contributed by atoms with Gasteiger partial charge in [0.15, 0.2) is 0 Å². The lowest BCUT2D eigenvalue weighted by atomic mass is 10.0. The number of hydrogen-bond acceptors (Lipinski definition) is 4. The van der Waals surface area contributed by atoms with E-state index in [4.69, 9.17) is 4.98 Å². The molecule has 2 aromatic carbocycles. The Morgan fingerprint density at radius 2 is 1.94 bits per heavy atom. The average molecular weight is 519 g/mol. The van der Waals surface area contributed by atoms with Crippen molar-refractivity contribution in [1.29, 1.82) is 0 Å². The summed E-state index contributed by atoms with van der Waals surface area (Å²) in [6.45, 7) is 3.88.